The monoisotopic (exact) mass is 86.1 g/mol. The largest absolute Gasteiger partial charge is 1.00 e. The summed E-state index contributed by atoms with van der Waals surface area (Å²) in [5, 5.41) is 0. The number of hydrogen-bond acceptors (Lipinski definition) is 0. The average Bonchev–Trinajstić information content (AvgIpc) is 1.86. The maximum atomic E-state index is 3.06. The molecule has 0 aliphatic heterocycles. The molecule has 0 amide bonds. The molecule has 0 saturated carbocycles. The molecule has 1 rings (SSSR count). The molecule has 0 aromatic rings. The molecule has 32 valence electrons. The van der Waals surface area contributed by atoms with E-state index in [4.69, 9.17) is 0 Å². The Balaban J connectivity index is 0.000000360. The predicted molar refractivity (Wildman–Crippen MR) is 26.2 cm³/mol. The molecule has 0 N–H and O–H groups in total. The van der Waals surface area contributed by atoms with Crippen LogP contribution in [0.5, 0.6) is 0 Å². The first kappa shape index (κ1) is 7.08. The van der Waals surface area contributed by atoms with Crippen molar-refractivity contribution in [1.29, 1.82) is 0 Å². The summed E-state index contributed by atoms with van der Waals surface area (Å²) < 4.78 is 0. The van der Waals surface area contributed by atoms with Gasteiger partial charge in [0.2, 0.25) is 0 Å². The molecule has 0 spiro atoms. The normalized spacial score (nSPS) is 15.9. The molecule has 0 atom stereocenters. The standard InChI is InChI=1S/C6H7.Li/c1-6-4-2-3-5-6;/h2-3H,4H2,1H3;/q-1;+1. The quantitative estimate of drug-likeness (QED) is 0.254. The van der Waals surface area contributed by atoms with Gasteiger partial charge in [-0.15, -0.1) is 0 Å². The van der Waals surface area contributed by atoms with E-state index in [2.05, 4.69) is 19.1 Å². The molecular formula is C6H7Li. The minimum atomic E-state index is 0. The van der Waals surface area contributed by atoms with Crippen LogP contribution in [-0.4, -0.2) is 0 Å². The third-order valence-corrected chi connectivity index (χ3v) is 0.872. The Morgan fingerprint density at radius 1 is 1.71 bits per heavy atom. The van der Waals surface area contributed by atoms with Crippen molar-refractivity contribution in [3.8, 4) is 0 Å². The second-order valence-corrected chi connectivity index (χ2v) is 1.53. The Kier molecular flexibility index (Phi) is 3.16. The van der Waals surface area contributed by atoms with E-state index in [1.54, 1.807) is 0 Å². The van der Waals surface area contributed by atoms with Gasteiger partial charge >= 0.3 is 18.9 Å². The van der Waals surface area contributed by atoms with E-state index < -0.39 is 0 Å². The first-order valence-electron chi connectivity index (χ1n) is 2.13. The Morgan fingerprint density at radius 3 is 2.57 bits per heavy atom. The molecular weight excluding hydrogens is 79.0 g/mol. The predicted octanol–water partition coefficient (Wildman–Crippen LogP) is -1.30. The number of allylic oxidation sites excluding steroid dienone is 4. The van der Waals surface area contributed by atoms with Crippen LogP contribution in [0.25, 0.3) is 0 Å². The zero-order valence-electron chi connectivity index (χ0n) is 4.86. The number of hydrogen-bond donors (Lipinski definition) is 0. The smallest absolute Gasteiger partial charge is 0.253 e. The Labute approximate surface area is 56.5 Å². The van der Waals surface area contributed by atoms with Crippen LogP contribution in [0.3, 0.4) is 0 Å². The third kappa shape index (κ3) is 2.02. The SMILES string of the molecule is CC1=[C-]C=CC1.[Li+]. The van der Waals surface area contributed by atoms with Crippen LogP contribution in [0.1, 0.15) is 13.3 Å². The minimum Gasteiger partial charge on any atom is -0.253 e. The van der Waals surface area contributed by atoms with Gasteiger partial charge in [-0.3, -0.25) is 6.08 Å². The van der Waals surface area contributed by atoms with E-state index in [9.17, 15) is 0 Å². The van der Waals surface area contributed by atoms with Crippen molar-refractivity contribution in [2.45, 2.75) is 13.3 Å². The van der Waals surface area contributed by atoms with Crippen LogP contribution >= 0.6 is 0 Å². The second-order valence-electron chi connectivity index (χ2n) is 1.53. The van der Waals surface area contributed by atoms with Crippen molar-refractivity contribution in [1.82, 2.24) is 0 Å². The van der Waals surface area contributed by atoms with Crippen LogP contribution in [0.2, 0.25) is 0 Å². The Morgan fingerprint density at radius 2 is 2.43 bits per heavy atom. The van der Waals surface area contributed by atoms with Gasteiger partial charge in [-0.2, -0.15) is 5.57 Å². The van der Waals surface area contributed by atoms with Crippen molar-refractivity contribution in [2.24, 2.45) is 0 Å². The fourth-order valence-corrected chi connectivity index (χ4v) is 0.496. The molecule has 0 bridgehead atoms. The molecule has 1 aliphatic rings. The summed E-state index contributed by atoms with van der Waals surface area (Å²) in [7, 11) is 0. The van der Waals surface area contributed by atoms with E-state index in [1.807, 2.05) is 6.08 Å². The molecule has 0 fully saturated rings. The molecule has 0 radical (unpaired) electrons. The van der Waals surface area contributed by atoms with Crippen LogP contribution < -0.4 is 18.9 Å². The summed E-state index contributed by atoms with van der Waals surface area (Å²) in [4.78, 5) is 0. The molecule has 1 heteroatoms. The molecule has 0 saturated heterocycles. The van der Waals surface area contributed by atoms with E-state index in [-0.39, 0.29) is 18.9 Å². The van der Waals surface area contributed by atoms with Crippen molar-refractivity contribution < 1.29 is 18.9 Å². The van der Waals surface area contributed by atoms with Gasteiger partial charge in [0.1, 0.15) is 0 Å². The van der Waals surface area contributed by atoms with Gasteiger partial charge in [0.05, 0.1) is 0 Å². The molecule has 0 aromatic heterocycles. The minimum absolute atomic E-state index is 0. The van der Waals surface area contributed by atoms with Gasteiger partial charge in [0, 0.05) is 0 Å². The molecule has 0 aromatic carbocycles. The molecule has 0 nitrogen and oxygen atoms in total. The van der Waals surface area contributed by atoms with E-state index in [1.165, 1.54) is 5.57 Å². The summed E-state index contributed by atoms with van der Waals surface area (Å²) in [6, 6.07) is 0. The Bertz CT molecular complexity index is 101. The first-order valence-corrected chi connectivity index (χ1v) is 2.13. The average molecular weight is 86.1 g/mol. The summed E-state index contributed by atoms with van der Waals surface area (Å²) in [5.41, 5.74) is 1.34. The van der Waals surface area contributed by atoms with E-state index in [0.29, 0.717) is 0 Å². The van der Waals surface area contributed by atoms with Gasteiger partial charge in [-0.1, -0.05) is 13.3 Å². The number of rotatable bonds is 0. The van der Waals surface area contributed by atoms with Gasteiger partial charge < -0.3 is 0 Å². The first-order chi connectivity index (χ1) is 2.89. The third-order valence-electron chi connectivity index (χ3n) is 0.872. The summed E-state index contributed by atoms with van der Waals surface area (Å²) in [6.07, 6.45) is 8.24. The van der Waals surface area contributed by atoms with Crippen molar-refractivity contribution in [2.75, 3.05) is 0 Å². The fourth-order valence-electron chi connectivity index (χ4n) is 0.496. The zero-order chi connectivity index (χ0) is 4.41. The van der Waals surface area contributed by atoms with Crippen molar-refractivity contribution in [3.63, 3.8) is 0 Å². The second kappa shape index (κ2) is 3.13. The molecule has 0 unspecified atom stereocenters. The maximum absolute atomic E-state index is 3.06. The summed E-state index contributed by atoms with van der Waals surface area (Å²) >= 11 is 0. The van der Waals surface area contributed by atoms with Crippen LogP contribution in [0, 0.1) is 6.08 Å². The van der Waals surface area contributed by atoms with Gasteiger partial charge in [-0.25, -0.2) is 12.2 Å². The molecule has 7 heavy (non-hydrogen) atoms. The summed E-state index contributed by atoms with van der Waals surface area (Å²) in [5.74, 6) is 0. The van der Waals surface area contributed by atoms with Crippen molar-refractivity contribution in [3.05, 3.63) is 23.8 Å². The summed E-state index contributed by atoms with van der Waals surface area (Å²) in [6.45, 7) is 2.08. The fraction of sp³-hybridized carbons (Fsp3) is 0.333. The van der Waals surface area contributed by atoms with E-state index >= 15 is 0 Å². The van der Waals surface area contributed by atoms with E-state index in [0.717, 1.165) is 6.42 Å². The van der Waals surface area contributed by atoms with Crippen LogP contribution in [-0.2, 0) is 0 Å². The maximum Gasteiger partial charge on any atom is 1.00 e. The van der Waals surface area contributed by atoms with Crippen LogP contribution in [0.4, 0.5) is 0 Å². The molecule has 0 heterocycles. The Hall–Kier alpha value is 0.0774. The zero-order valence-corrected chi connectivity index (χ0v) is 4.86. The van der Waals surface area contributed by atoms with Crippen molar-refractivity contribution >= 4 is 0 Å². The van der Waals surface area contributed by atoms with Gasteiger partial charge in [0.25, 0.3) is 0 Å². The van der Waals surface area contributed by atoms with Gasteiger partial charge in [0.15, 0.2) is 0 Å². The topological polar surface area (TPSA) is 0 Å². The van der Waals surface area contributed by atoms with Crippen LogP contribution in [0.15, 0.2) is 17.7 Å². The molecule has 1 aliphatic carbocycles. The van der Waals surface area contributed by atoms with Gasteiger partial charge in [-0.05, 0) is 0 Å².